The van der Waals surface area contributed by atoms with Crippen LogP contribution in [-0.2, 0) is 9.59 Å². The van der Waals surface area contributed by atoms with E-state index < -0.39 is 12.0 Å². The molecule has 2 rings (SSSR count). The van der Waals surface area contributed by atoms with Gasteiger partial charge in [0, 0.05) is 19.0 Å². The maximum atomic E-state index is 12.3. The van der Waals surface area contributed by atoms with Crippen LogP contribution in [0.25, 0.3) is 0 Å². The highest BCUT2D eigenvalue weighted by Gasteiger charge is 2.31. The number of rotatable bonds is 5. The predicted octanol–water partition coefficient (Wildman–Crippen LogP) is 1.93. The highest BCUT2D eigenvalue weighted by molar-refractivity contribution is 5.83. The first-order chi connectivity index (χ1) is 10.1. The van der Waals surface area contributed by atoms with Crippen molar-refractivity contribution in [2.75, 3.05) is 6.54 Å². The second-order valence-corrected chi connectivity index (χ2v) is 5.49. The first-order valence-electron chi connectivity index (χ1n) is 7.42. The molecule has 1 fully saturated rings. The average molecular weight is 290 g/mol. The molecule has 114 valence electrons. The maximum absolute atomic E-state index is 12.3. The molecule has 1 aromatic rings. The van der Waals surface area contributed by atoms with Crippen LogP contribution in [0.3, 0.4) is 0 Å². The van der Waals surface area contributed by atoms with Crippen molar-refractivity contribution in [3.8, 4) is 0 Å². The van der Waals surface area contributed by atoms with E-state index in [1.54, 1.807) is 0 Å². The number of nitrogens with two attached hydrogens (primary N) is 1. The first-order valence-corrected chi connectivity index (χ1v) is 7.42. The lowest BCUT2D eigenvalue weighted by molar-refractivity contribution is -0.152. The Morgan fingerprint density at radius 1 is 1.29 bits per heavy atom. The number of piperidine rings is 1. The molecular weight excluding hydrogens is 268 g/mol. The number of nitrogens with zero attached hydrogens (tertiary/aromatic N) is 1. The summed E-state index contributed by atoms with van der Waals surface area (Å²) in [5.74, 6) is -1.01. The molecule has 0 aliphatic carbocycles. The summed E-state index contributed by atoms with van der Waals surface area (Å²) in [6.45, 7) is 0.538. The zero-order chi connectivity index (χ0) is 15.2. The molecule has 1 amide bonds. The molecule has 5 nitrogen and oxygen atoms in total. The molecule has 2 atom stereocenters. The van der Waals surface area contributed by atoms with Crippen LogP contribution in [0.15, 0.2) is 30.3 Å². The number of aliphatic carboxylic acids is 1. The van der Waals surface area contributed by atoms with Gasteiger partial charge in [-0.2, -0.15) is 0 Å². The number of amides is 1. The molecule has 1 saturated heterocycles. The van der Waals surface area contributed by atoms with E-state index in [2.05, 4.69) is 0 Å². The number of likely N-dealkylation sites (tertiary alicyclic amines) is 1. The standard InChI is InChI=1S/C16H22N2O3/c17-13(12-6-2-1-3-7-12)9-10-15(19)18-11-5-4-8-14(18)16(20)21/h1-3,6-7,13-14H,4-5,8-11,17H2,(H,20,21)/t13?,14-/m0/s1. The van der Waals surface area contributed by atoms with Gasteiger partial charge in [0.15, 0.2) is 0 Å². The summed E-state index contributed by atoms with van der Waals surface area (Å²) >= 11 is 0. The van der Waals surface area contributed by atoms with Crippen LogP contribution in [0.1, 0.15) is 43.7 Å². The zero-order valence-corrected chi connectivity index (χ0v) is 12.1. The van der Waals surface area contributed by atoms with Gasteiger partial charge in [0.2, 0.25) is 5.91 Å². The lowest BCUT2D eigenvalue weighted by Crippen LogP contribution is -2.48. The van der Waals surface area contributed by atoms with Crippen molar-refractivity contribution in [2.24, 2.45) is 5.73 Å². The molecule has 5 heteroatoms. The summed E-state index contributed by atoms with van der Waals surface area (Å²) in [5, 5.41) is 9.19. The predicted molar refractivity (Wildman–Crippen MR) is 79.6 cm³/mol. The zero-order valence-electron chi connectivity index (χ0n) is 12.1. The molecule has 1 unspecified atom stereocenters. The minimum atomic E-state index is -0.907. The van der Waals surface area contributed by atoms with Crippen LogP contribution < -0.4 is 5.73 Å². The van der Waals surface area contributed by atoms with Crippen LogP contribution >= 0.6 is 0 Å². The number of benzene rings is 1. The van der Waals surface area contributed by atoms with Crippen molar-refractivity contribution in [2.45, 2.75) is 44.2 Å². The summed E-state index contributed by atoms with van der Waals surface area (Å²) in [5.41, 5.74) is 7.08. The summed E-state index contributed by atoms with van der Waals surface area (Å²) in [6, 6.07) is 8.78. The van der Waals surface area contributed by atoms with E-state index in [1.807, 2.05) is 30.3 Å². The highest BCUT2D eigenvalue weighted by atomic mass is 16.4. The van der Waals surface area contributed by atoms with E-state index in [-0.39, 0.29) is 11.9 Å². The van der Waals surface area contributed by atoms with Crippen molar-refractivity contribution < 1.29 is 14.7 Å². The number of carboxylic acids is 1. The van der Waals surface area contributed by atoms with E-state index in [4.69, 9.17) is 5.73 Å². The largest absolute Gasteiger partial charge is 0.480 e. The Kier molecular flexibility index (Phi) is 5.33. The normalized spacial score (nSPS) is 20.0. The smallest absolute Gasteiger partial charge is 0.326 e. The van der Waals surface area contributed by atoms with Crippen LogP contribution in [0.4, 0.5) is 0 Å². The lowest BCUT2D eigenvalue weighted by Gasteiger charge is -2.33. The lowest BCUT2D eigenvalue weighted by atomic mass is 9.99. The first kappa shape index (κ1) is 15.5. The van der Waals surface area contributed by atoms with E-state index in [1.165, 1.54) is 4.90 Å². The molecule has 0 saturated carbocycles. The maximum Gasteiger partial charge on any atom is 0.326 e. The van der Waals surface area contributed by atoms with Crippen molar-refractivity contribution in [1.82, 2.24) is 4.90 Å². The van der Waals surface area contributed by atoms with Gasteiger partial charge >= 0.3 is 5.97 Å². The number of carbonyl (C=O) groups excluding carboxylic acids is 1. The van der Waals surface area contributed by atoms with Gasteiger partial charge in [0.25, 0.3) is 0 Å². The number of hydrogen-bond donors (Lipinski definition) is 2. The summed E-state index contributed by atoms with van der Waals surface area (Å²) in [7, 11) is 0. The Labute approximate surface area is 124 Å². The van der Waals surface area contributed by atoms with Gasteiger partial charge in [0.05, 0.1) is 0 Å². The average Bonchev–Trinajstić information content (AvgIpc) is 2.53. The van der Waals surface area contributed by atoms with Gasteiger partial charge < -0.3 is 15.7 Å². The fourth-order valence-electron chi connectivity index (χ4n) is 2.78. The fourth-order valence-corrected chi connectivity index (χ4v) is 2.78. The third kappa shape index (κ3) is 4.04. The Bertz CT molecular complexity index is 490. The van der Waals surface area contributed by atoms with Gasteiger partial charge in [0.1, 0.15) is 6.04 Å². The molecule has 1 aliphatic heterocycles. The van der Waals surface area contributed by atoms with E-state index in [0.29, 0.717) is 25.8 Å². The Morgan fingerprint density at radius 2 is 2.00 bits per heavy atom. The summed E-state index contributed by atoms with van der Waals surface area (Å²) in [4.78, 5) is 25.0. The quantitative estimate of drug-likeness (QED) is 0.868. The Hall–Kier alpha value is -1.88. The van der Waals surface area contributed by atoms with Gasteiger partial charge in [-0.05, 0) is 31.2 Å². The van der Waals surface area contributed by atoms with Crippen molar-refractivity contribution >= 4 is 11.9 Å². The van der Waals surface area contributed by atoms with Crippen molar-refractivity contribution in [3.63, 3.8) is 0 Å². The van der Waals surface area contributed by atoms with Crippen molar-refractivity contribution in [1.29, 1.82) is 0 Å². The molecule has 0 bridgehead atoms. The molecule has 1 aromatic carbocycles. The van der Waals surface area contributed by atoms with Gasteiger partial charge in [-0.15, -0.1) is 0 Å². The fraction of sp³-hybridized carbons (Fsp3) is 0.500. The Balaban J connectivity index is 1.90. The van der Waals surface area contributed by atoms with E-state index in [0.717, 1.165) is 18.4 Å². The van der Waals surface area contributed by atoms with E-state index in [9.17, 15) is 14.7 Å². The third-order valence-electron chi connectivity index (χ3n) is 4.01. The second-order valence-electron chi connectivity index (χ2n) is 5.49. The summed E-state index contributed by atoms with van der Waals surface area (Å²) in [6.07, 6.45) is 3.11. The highest BCUT2D eigenvalue weighted by Crippen LogP contribution is 2.21. The van der Waals surface area contributed by atoms with Crippen LogP contribution in [0, 0.1) is 0 Å². The molecule has 0 aromatic heterocycles. The number of carbonyl (C=O) groups is 2. The minimum Gasteiger partial charge on any atom is -0.480 e. The summed E-state index contributed by atoms with van der Waals surface area (Å²) < 4.78 is 0. The SMILES string of the molecule is NC(CCC(=O)N1CCCC[C@H]1C(=O)O)c1ccccc1. The molecule has 3 N–H and O–H groups in total. The van der Waals surface area contributed by atoms with Gasteiger partial charge in [-0.1, -0.05) is 30.3 Å². The molecule has 21 heavy (non-hydrogen) atoms. The van der Waals surface area contributed by atoms with Crippen molar-refractivity contribution in [3.05, 3.63) is 35.9 Å². The van der Waals surface area contributed by atoms with E-state index >= 15 is 0 Å². The van der Waals surface area contributed by atoms with Crippen LogP contribution in [0.5, 0.6) is 0 Å². The third-order valence-corrected chi connectivity index (χ3v) is 4.01. The topological polar surface area (TPSA) is 83.6 Å². The monoisotopic (exact) mass is 290 g/mol. The molecule has 0 spiro atoms. The van der Waals surface area contributed by atoms with Crippen LogP contribution in [0.2, 0.25) is 0 Å². The number of carboxylic acid groups (broad SMARTS) is 1. The van der Waals surface area contributed by atoms with Gasteiger partial charge in [-0.25, -0.2) is 4.79 Å². The minimum absolute atomic E-state index is 0.103. The number of hydrogen-bond acceptors (Lipinski definition) is 3. The van der Waals surface area contributed by atoms with Crippen LogP contribution in [-0.4, -0.2) is 34.5 Å². The second kappa shape index (κ2) is 7.22. The molecule has 0 radical (unpaired) electrons. The van der Waals surface area contributed by atoms with Gasteiger partial charge in [-0.3, -0.25) is 4.79 Å². The molecular formula is C16H22N2O3. The molecule has 1 aliphatic rings. The Morgan fingerprint density at radius 3 is 2.67 bits per heavy atom. The molecule has 1 heterocycles.